The molecule has 0 aliphatic rings. The summed E-state index contributed by atoms with van der Waals surface area (Å²) in [6.07, 6.45) is 0. The van der Waals surface area contributed by atoms with Gasteiger partial charge in [-0.25, -0.2) is 4.39 Å². The van der Waals surface area contributed by atoms with Gasteiger partial charge in [-0.3, -0.25) is 14.9 Å². The summed E-state index contributed by atoms with van der Waals surface area (Å²) in [6.45, 7) is 0. The van der Waals surface area contributed by atoms with Gasteiger partial charge in [0.1, 0.15) is 5.82 Å². The summed E-state index contributed by atoms with van der Waals surface area (Å²) in [5.41, 5.74) is 0.813. The predicted molar refractivity (Wildman–Crippen MR) is 72.2 cm³/mol. The Morgan fingerprint density at radius 2 is 1.65 bits per heavy atom. The molecule has 0 saturated carbocycles. The number of nitrogens with zero attached hydrogens (tertiary/aromatic N) is 2. The first kappa shape index (κ1) is 13.7. The van der Waals surface area contributed by atoms with Gasteiger partial charge >= 0.3 is 0 Å². The number of rotatable bonds is 3. The maximum atomic E-state index is 12.8. The van der Waals surface area contributed by atoms with Gasteiger partial charge in [0.2, 0.25) is 0 Å². The van der Waals surface area contributed by atoms with Crippen molar-refractivity contribution in [2.75, 3.05) is 11.9 Å². The fraction of sp³-hybridized carbons (Fsp3) is 0.0714. The van der Waals surface area contributed by atoms with E-state index in [1.807, 2.05) is 0 Å². The molecule has 20 heavy (non-hydrogen) atoms. The lowest BCUT2D eigenvalue weighted by atomic mass is 10.2. The van der Waals surface area contributed by atoms with Gasteiger partial charge < -0.3 is 4.90 Å². The van der Waals surface area contributed by atoms with Gasteiger partial charge in [0.15, 0.2) is 0 Å². The Morgan fingerprint density at radius 1 is 1.10 bits per heavy atom. The maximum Gasteiger partial charge on any atom is 0.269 e. The Hall–Kier alpha value is -2.76. The van der Waals surface area contributed by atoms with Gasteiger partial charge in [0, 0.05) is 30.4 Å². The van der Waals surface area contributed by atoms with E-state index in [4.69, 9.17) is 0 Å². The summed E-state index contributed by atoms with van der Waals surface area (Å²) in [4.78, 5) is 23.5. The second-order valence-electron chi connectivity index (χ2n) is 4.14. The van der Waals surface area contributed by atoms with E-state index in [0.29, 0.717) is 11.3 Å². The highest BCUT2D eigenvalue weighted by molar-refractivity contribution is 6.05. The SMILES string of the molecule is CN(C(=O)c1ccc(F)cc1)c1ccc([N+](=O)[O-])cc1. The van der Waals surface area contributed by atoms with Gasteiger partial charge in [0.25, 0.3) is 11.6 Å². The summed E-state index contributed by atoms with van der Waals surface area (Å²) in [5, 5.41) is 10.6. The molecule has 5 nitrogen and oxygen atoms in total. The van der Waals surface area contributed by atoms with E-state index in [9.17, 15) is 19.3 Å². The summed E-state index contributed by atoms with van der Waals surface area (Å²) >= 11 is 0. The number of non-ortho nitro benzene ring substituents is 1. The second kappa shape index (κ2) is 5.48. The molecule has 0 saturated heterocycles. The van der Waals surface area contributed by atoms with Crippen LogP contribution in [-0.2, 0) is 0 Å². The lowest BCUT2D eigenvalue weighted by Crippen LogP contribution is -2.26. The third-order valence-corrected chi connectivity index (χ3v) is 2.84. The number of hydrogen-bond donors (Lipinski definition) is 0. The van der Waals surface area contributed by atoms with Gasteiger partial charge in [-0.1, -0.05) is 0 Å². The van der Waals surface area contributed by atoms with Crippen LogP contribution in [0.1, 0.15) is 10.4 Å². The third kappa shape index (κ3) is 2.80. The molecule has 0 radical (unpaired) electrons. The van der Waals surface area contributed by atoms with Crippen molar-refractivity contribution >= 4 is 17.3 Å². The highest BCUT2D eigenvalue weighted by atomic mass is 19.1. The standard InChI is InChI=1S/C14H11FN2O3/c1-16(12-6-8-13(9-7-12)17(19)20)14(18)10-2-4-11(15)5-3-10/h2-9H,1H3. The van der Waals surface area contributed by atoms with Crippen LogP contribution in [0, 0.1) is 15.9 Å². The van der Waals surface area contributed by atoms with Crippen molar-refractivity contribution in [2.24, 2.45) is 0 Å². The average Bonchev–Trinajstić information content (AvgIpc) is 2.46. The lowest BCUT2D eigenvalue weighted by molar-refractivity contribution is -0.384. The number of benzene rings is 2. The number of nitro benzene ring substituents is 1. The minimum Gasteiger partial charge on any atom is -0.311 e. The monoisotopic (exact) mass is 274 g/mol. The molecule has 6 heteroatoms. The summed E-state index contributed by atoms with van der Waals surface area (Å²) in [5.74, 6) is -0.738. The molecule has 0 heterocycles. The first-order valence-electron chi connectivity index (χ1n) is 5.77. The number of carbonyl (C=O) groups is 1. The fourth-order valence-electron chi connectivity index (χ4n) is 1.70. The summed E-state index contributed by atoms with van der Waals surface area (Å²) in [6, 6.07) is 10.8. The van der Waals surface area contributed by atoms with E-state index in [1.165, 1.54) is 53.4 Å². The molecule has 2 aromatic carbocycles. The summed E-state index contributed by atoms with van der Waals surface area (Å²) in [7, 11) is 1.55. The van der Waals surface area contributed by atoms with Crippen LogP contribution in [-0.4, -0.2) is 17.9 Å². The number of anilines is 1. The van der Waals surface area contributed by atoms with Crippen LogP contribution in [0.25, 0.3) is 0 Å². The molecule has 0 aromatic heterocycles. The molecule has 0 unspecified atom stereocenters. The first-order chi connectivity index (χ1) is 9.49. The van der Waals surface area contributed by atoms with Crippen LogP contribution in [0.3, 0.4) is 0 Å². The van der Waals surface area contributed by atoms with Gasteiger partial charge in [0.05, 0.1) is 4.92 Å². The third-order valence-electron chi connectivity index (χ3n) is 2.84. The first-order valence-corrected chi connectivity index (χ1v) is 5.77. The Balaban J connectivity index is 2.22. The molecule has 2 aromatic rings. The fourth-order valence-corrected chi connectivity index (χ4v) is 1.70. The molecular formula is C14H11FN2O3. The van der Waals surface area contributed by atoms with Gasteiger partial charge in [-0.15, -0.1) is 0 Å². The topological polar surface area (TPSA) is 63.5 Å². The Kier molecular flexibility index (Phi) is 3.74. The van der Waals surface area contributed by atoms with Crippen molar-refractivity contribution in [3.63, 3.8) is 0 Å². The van der Waals surface area contributed by atoms with E-state index in [2.05, 4.69) is 0 Å². The maximum absolute atomic E-state index is 12.8. The van der Waals surface area contributed by atoms with E-state index in [-0.39, 0.29) is 11.6 Å². The van der Waals surface area contributed by atoms with E-state index >= 15 is 0 Å². The van der Waals surface area contributed by atoms with E-state index < -0.39 is 10.7 Å². The molecular weight excluding hydrogens is 263 g/mol. The normalized spacial score (nSPS) is 10.1. The number of hydrogen-bond acceptors (Lipinski definition) is 3. The molecule has 0 N–H and O–H groups in total. The van der Waals surface area contributed by atoms with Crippen molar-refractivity contribution < 1.29 is 14.1 Å². The highest BCUT2D eigenvalue weighted by Crippen LogP contribution is 2.20. The van der Waals surface area contributed by atoms with Crippen LogP contribution >= 0.6 is 0 Å². The predicted octanol–water partition coefficient (Wildman–Crippen LogP) is 3.01. The van der Waals surface area contributed by atoms with Crippen LogP contribution in [0.15, 0.2) is 48.5 Å². The highest BCUT2D eigenvalue weighted by Gasteiger charge is 2.14. The Bertz CT molecular complexity index is 638. The van der Waals surface area contributed by atoms with Gasteiger partial charge in [-0.05, 0) is 36.4 Å². The van der Waals surface area contributed by atoms with Crippen LogP contribution < -0.4 is 4.90 Å². The Labute approximate surface area is 114 Å². The van der Waals surface area contributed by atoms with Crippen molar-refractivity contribution in [3.8, 4) is 0 Å². The molecule has 0 aliphatic carbocycles. The zero-order chi connectivity index (χ0) is 14.7. The van der Waals surface area contributed by atoms with Crippen molar-refractivity contribution in [3.05, 3.63) is 70.0 Å². The second-order valence-corrected chi connectivity index (χ2v) is 4.14. The van der Waals surface area contributed by atoms with E-state index in [0.717, 1.165) is 0 Å². The van der Waals surface area contributed by atoms with E-state index in [1.54, 1.807) is 7.05 Å². The molecule has 0 aliphatic heterocycles. The van der Waals surface area contributed by atoms with Gasteiger partial charge in [-0.2, -0.15) is 0 Å². The van der Waals surface area contributed by atoms with Crippen molar-refractivity contribution in [1.29, 1.82) is 0 Å². The molecule has 2 rings (SSSR count). The molecule has 1 amide bonds. The smallest absolute Gasteiger partial charge is 0.269 e. The van der Waals surface area contributed by atoms with Crippen LogP contribution in [0.5, 0.6) is 0 Å². The Morgan fingerprint density at radius 3 is 2.15 bits per heavy atom. The lowest BCUT2D eigenvalue weighted by Gasteiger charge is -2.17. The molecule has 0 fully saturated rings. The summed E-state index contributed by atoms with van der Waals surface area (Å²) < 4.78 is 12.8. The van der Waals surface area contributed by atoms with Crippen LogP contribution in [0.4, 0.5) is 15.8 Å². The zero-order valence-corrected chi connectivity index (χ0v) is 10.6. The molecule has 0 atom stereocenters. The zero-order valence-electron chi connectivity index (χ0n) is 10.6. The minimum absolute atomic E-state index is 0.0450. The van der Waals surface area contributed by atoms with Crippen LogP contribution in [0.2, 0.25) is 0 Å². The van der Waals surface area contributed by atoms with Crippen molar-refractivity contribution in [1.82, 2.24) is 0 Å². The molecule has 0 bridgehead atoms. The van der Waals surface area contributed by atoms with Crippen molar-refractivity contribution in [2.45, 2.75) is 0 Å². The average molecular weight is 274 g/mol. The number of halogens is 1. The quantitative estimate of drug-likeness (QED) is 0.638. The number of amides is 1. The minimum atomic E-state index is -0.508. The largest absolute Gasteiger partial charge is 0.311 e. The molecule has 0 spiro atoms. The number of nitro groups is 1. The molecule has 102 valence electrons. The number of carbonyl (C=O) groups excluding carboxylic acids is 1.